The quantitative estimate of drug-likeness (QED) is 0.903. The molecule has 1 aliphatic heterocycles. The molecule has 0 bridgehead atoms. The van der Waals surface area contributed by atoms with Crippen molar-refractivity contribution < 1.29 is 0 Å². The van der Waals surface area contributed by atoms with Crippen molar-refractivity contribution in [2.24, 2.45) is 4.99 Å². The second-order valence-electron chi connectivity index (χ2n) is 6.83. The molecule has 4 rings (SSSR count). The van der Waals surface area contributed by atoms with E-state index in [1.54, 1.807) is 0 Å². The predicted molar refractivity (Wildman–Crippen MR) is 99.1 cm³/mol. The molecule has 0 spiro atoms. The van der Waals surface area contributed by atoms with E-state index in [0.717, 1.165) is 6.54 Å². The van der Waals surface area contributed by atoms with Gasteiger partial charge < -0.3 is 0 Å². The summed E-state index contributed by atoms with van der Waals surface area (Å²) in [6.07, 6.45) is 7.15. The first-order chi connectivity index (χ1) is 11.9. The van der Waals surface area contributed by atoms with Crippen LogP contribution < -0.4 is 5.43 Å². The van der Waals surface area contributed by atoms with Crippen LogP contribution in [0.2, 0.25) is 0 Å². The number of aliphatic imine (C=N–C) groups is 1. The summed E-state index contributed by atoms with van der Waals surface area (Å²) in [5, 5.41) is 2.27. The molecule has 0 aromatic heterocycles. The Labute approximate surface area is 144 Å². The summed E-state index contributed by atoms with van der Waals surface area (Å²) in [7, 11) is 0. The maximum atomic E-state index is 4.70. The smallest absolute Gasteiger partial charge is 0.1000 e. The molecule has 24 heavy (non-hydrogen) atoms. The first-order valence-corrected chi connectivity index (χ1v) is 9.07. The lowest BCUT2D eigenvalue weighted by Gasteiger charge is -2.32. The third kappa shape index (κ3) is 3.22. The molecule has 2 aromatic carbocycles. The Bertz CT molecular complexity index is 628. The summed E-state index contributed by atoms with van der Waals surface area (Å²) in [5.41, 5.74) is 6.37. The standard InChI is InChI=1S/C21H25N3/c1-3-9-17(10-4-1)19(18-11-5-2-6-12-18)15-23-24-16-22-20-13-7-8-14-21(20)24/h1-6,9-12,16,19-21,23H,7-8,13-15H2. The highest BCUT2D eigenvalue weighted by molar-refractivity contribution is 5.58. The van der Waals surface area contributed by atoms with Gasteiger partial charge in [-0.2, -0.15) is 0 Å². The van der Waals surface area contributed by atoms with Crippen LogP contribution in [0.5, 0.6) is 0 Å². The van der Waals surface area contributed by atoms with Crippen molar-refractivity contribution >= 4 is 6.34 Å². The van der Waals surface area contributed by atoms with E-state index in [1.807, 2.05) is 6.34 Å². The fraction of sp³-hybridized carbons (Fsp3) is 0.381. The van der Waals surface area contributed by atoms with E-state index in [2.05, 4.69) is 71.1 Å². The van der Waals surface area contributed by atoms with Crippen LogP contribution in [0.1, 0.15) is 42.7 Å². The maximum Gasteiger partial charge on any atom is 0.1000 e. The summed E-state index contributed by atoms with van der Waals surface area (Å²) in [5.74, 6) is 0.350. The van der Waals surface area contributed by atoms with Crippen LogP contribution in [0.3, 0.4) is 0 Å². The highest BCUT2D eigenvalue weighted by atomic mass is 15.5. The number of hydrogen-bond donors (Lipinski definition) is 1. The summed E-state index contributed by atoms with van der Waals surface area (Å²) in [6, 6.07) is 22.6. The van der Waals surface area contributed by atoms with Crippen molar-refractivity contribution in [3.05, 3.63) is 71.8 Å². The number of nitrogens with zero attached hydrogens (tertiary/aromatic N) is 2. The van der Waals surface area contributed by atoms with Crippen LogP contribution in [0.4, 0.5) is 0 Å². The lowest BCUT2D eigenvalue weighted by molar-refractivity contribution is 0.191. The van der Waals surface area contributed by atoms with Crippen LogP contribution in [0.25, 0.3) is 0 Å². The van der Waals surface area contributed by atoms with Gasteiger partial charge in [-0.05, 0) is 24.0 Å². The van der Waals surface area contributed by atoms with Crippen LogP contribution >= 0.6 is 0 Å². The molecule has 1 fully saturated rings. The number of fused-ring (bicyclic) bond motifs is 1. The van der Waals surface area contributed by atoms with Crippen molar-refractivity contribution in [1.29, 1.82) is 0 Å². The molecule has 3 heteroatoms. The second-order valence-corrected chi connectivity index (χ2v) is 6.83. The van der Waals surface area contributed by atoms with Gasteiger partial charge in [-0.25, -0.2) is 5.43 Å². The minimum Gasteiger partial charge on any atom is -0.293 e. The van der Waals surface area contributed by atoms with E-state index < -0.39 is 0 Å². The summed E-state index contributed by atoms with van der Waals surface area (Å²) in [6.45, 7) is 0.892. The molecule has 2 aliphatic rings. The average molecular weight is 319 g/mol. The number of benzene rings is 2. The monoisotopic (exact) mass is 319 g/mol. The van der Waals surface area contributed by atoms with Crippen molar-refractivity contribution in [3.8, 4) is 0 Å². The molecule has 1 saturated carbocycles. The number of rotatable bonds is 5. The van der Waals surface area contributed by atoms with Crippen LogP contribution in [0.15, 0.2) is 65.7 Å². The Hall–Kier alpha value is -2.13. The number of nitrogens with one attached hydrogen (secondary N) is 1. The van der Waals surface area contributed by atoms with Gasteiger partial charge in [0.1, 0.15) is 0 Å². The first-order valence-electron chi connectivity index (χ1n) is 9.07. The molecular formula is C21H25N3. The van der Waals surface area contributed by atoms with Gasteiger partial charge in [-0.15, -0.1) is 0 Å². The molecule has 3 nitrogen and oxygen atoms in total. The Balaban J connectivity index is 1.50. The van der Waals surface area contributed by atoms with E-state index in [9.17, 15) is 0 Å². The van der Waals surface area contributed by atoms with Gasteiger partial charge in [0, 0.05) is 12.5 Å². The molecule has 2 aromatic rings. The summed E-state index contributed by atoms with van der Waals surface area (Å²) >= 11 is 0. The second kappa shape index (κ2) is 7.18. The average Bonchev–Trinajstić information content (AvgIpc) is 3.07. The maximum absolute atomic E-state index is 4.70. The molecule has 0 saturated heterocycles. The largest absolute Gasteiger partial charge is 0.293 e. The number of hydrazine groups is 1. The molecule has 124 valence electrons. The highest BCUT2D eigenvalue weighted by Gasteiger charge is 2.33. The fourth-order valence-corrected chi connectivity index (χ4v) is 3.99. The third-order valence-electron chi connectivity index (χ3n) is 5.32. The predicted octanol–water partition coefficient (Wildman–Crippen LogP) is 3.98. The van der Waals surface area contributed by atoms with Gasteiger partial charge in [-0.3, -0.25) is 10.0 Å². The van der Waals surface area contributed by atoms with Gasteiger partial charge in [0.15, 0.2) is 0 Å². The molecular weight excluding hydrogens is 294 g/mol. The Morgan fingerprint density at radius 2 is 1.54 bits per heavy atom. The van der Waals surface area contributed by atoms with Gasteiger partial charge in [0.25, 0.3) is 0 Å². The topological polar surface area (TPSA) is 27.6 Å². The Morgan fingerprint density at radius 1 is 0.917 bits per heavy atom. The number of hydrogen-bond acceptors (Lipinski definition) is 3. The SMILES string of the molecule is C1=NC2CCCCC2N1NCC(c1ccccc1)c1ccccc1. The molecule has 2 atom stereocenters. The van der Waals surface area contributed by atoms with Crippen molar-refractivity contribution in [2.75, 3.05) is 6.54 Å². The summed E-state index contributed by atoms with van der Waals surface area (Å²) in [4.78, 5) is 4.70. The molecule has 1 N–H and O–H groups in total. The molecule has 1 heterocycles. The fourth-order valence-electron chi connectivity index (χ4n) is 3.99. The minimum absolute atomic E-state index is 0.350. The van der Waals surface area contributed by atoms with Crippen LogP contribution in [-0.4, -0.2) is 30.0 Å². The minimum atomic E-state index is 0.350. The van der Waals surface area contributed by atoms with E-state index in [1.165, 1.54) is 36.8 Å². The van der Waals surface area contributed by atoms with Crippen molar-refractivity contribution in [3.63, 3.8) is 0 Å². The van der Waals surface area contributed by atoms with E-state index in [0.29, 0.717) is 18.0 Å². The summed E-state index contributed by atoms with van der Waals surface area (Å²) < 4.78 is 0. The molecule has 0 amide bonds. The third-order valence-corrected chi connectivity index (χ3v) is 5.32. The van der Waals surface area contributed by atoms with Crippen molar-refractivity contribution in [1.82, 2.24) is 10.4 Å². The van der Waals surface area contributed by atoms with Crippen LogP contribution in [0, 0.1) is 0 Å². The van der Waals surface area contributed by atoms with E-state index >= 15 is 0 Å². The zero-order valence-corrected chi connectivity index (χ0v) is 14.0. The lowest BCUT2D eigenvalue weighted by Crippen LogP contribution is -2.47. The van der Waals surface area contributed by atoms with Crippen LogP contribution in [-0.2, 0) is 0 Å². The van der Waals surface area contributed by atoms with Gasteiger partial charge in [0.2, 0.25) is 0 Å². The van der Waals surface area contributed by atoms with Gasteiger partial charge in [0.05, 0.1) is 18.4 Å². The van der Waals surface area contributed by atoms with Gasteiger partial charge >= 0.3 is 0 Å². The van der Waals surface area contributed by atoms with Gasteiger partial charge in [-0.1, -0.05) is 73.5 Å². The highest BCUT2D eigenvalue weighted by Crippen LogP contribution is 2.28. The Morgan fingerprint density at radius 3 is 2.21 bits per heavy atom. The zero-order valence-electron chi connectivity index (χ0n) is 14.0. The molecule has 0 radical (unpaired) electrons. The first kappa shape index (κ1) is 15.4. The van der Waals surface area contributed by atoms with Crippen molar-refractivity contribution in [2.45, 2.75) is 43.7 Å². The zero-order chi connectivity index (χ0) is 16.2. The molecule has 1 aliphatic carbocycles. The normalized spacial score (nSPS) is 22.8. The lowest BCUT2D eigenvalue weighted by atomic mass is 9.90. The van der Waals surface area contributed by atoms with E-state index in [-0.39, 0.29) is 0 Å². The van der Waals surface area contributed by atoms with E-state index in [4.69, 9.17) is 4.99 Å². The Kier molecular flexibility index (Phi) is 4.61. The molecule has 2 unspecified atom stereocenters.